The highest BCUT2D eigenvalue weighted by Crippen LogP contribution is 2.15. The molecular formula is C13H15N3OS. The molecule has 2 rings (SSSR count). The van der Waals surface area contributed by atoms with E-state index in [9.17, 15) is 4.79 Å². The number of rotatable bonds is 4. The number of anilines is 1. The zero-order valence-electron chi connectivity index (χ0n) is 10.2. The van der Waals surface area contributed by atoms with Crippen LogP contribution in [0.5, 0.6) is 0 Å². The molecule has 1 heterocycles. The molecule has 5 heteroatoms. The lowest BCUT2D eigenvalue weighted by Crippen LogP contribution is -2.38. The lowest BCUT2D eigenvalue weighted by Gasteiger charge is -2.14. The normalized spacial score (nSPS) is 10.1. The topological polar surface area (TPSA) is 45.2 Å². The molecule has 0 saturated heterocycles. The summed E-state index contributed by atoms with van der Waals surface area (Å²) in [6.07, 6.45) is 2.52. The van der Waals surface area contributed by atoms with Gasteiger partial charge in [0.1, 0.15) is 0 Å². The summed E-state index contributed by atoms with van der Waals surface area (Å²) < 4.78 is 0. The Morgan fingerprint density at radius 3 is 2.83 bits per heavy atom. The maximum absolute atomic E-state index is 11.8. The molecule has 18 heavy (non-hydrogen) atoms. The van der Waals surface area contributed by atoms with Gasteiger partial charge in [0.2, 0.25) is 0 Å². The lowest BCUT2D eigenvalue weighted by atomic mass is 10.1. The van der Waals surface area contributed by atoms with Crippen LogP contribution in [0, 0.1) is 0 Å². The van der Waals surface area contributed by atoms with E-state index in [1.165, 1.54) is 21.8 Å². The van der Waals surface area contributed by atoms with Gasteiger partial charge < -0.3 is 5.32 Å². The van der Waals surface area contributed by atoms with Crippen LogP contribution in [0.1, 0.15) is 5.56 Å². The van der Waals surface area contributed by atoms with Gasteiger partial charge in [-0.3, -0.25) is 4.90 Å². The first-order valence-corrected chi connectivity index (χ1v) is 6.60. The Hall–Kier alpha value is -1.88. The fraction of sp³-hybridized carbons (Fsp3) is 0.231. The highest BCUT2D eigenvalue weighted by Gasteiger charge is 2.11. The molecule has 0 aliphatic rings. The number of urea groups is 1. The van der Waals surface area contributed by atoms with E-state index in [0.29, 0.717) is 11.7 Å². The molecule has 0 radical (unpaired) electrons. The summed E-state index contributed by atoms with van der Waals surface area (Å²) in [5.41, 5.74) is 1.22. The monoisotopic (exact) mass is 261 g/mol. The summed E-state index contributed by atoms with van der Waals surface area (Å²) in [6, 6.07) is 9.96. The summed E-state index contributed by atoms with van der Waals surface area (Å²) in [6.45, 7) is 0.624. The van der Waals surface area contributed by atoms with Crippen LogP contribution in [0.4, 0.5) is 9.93 Å². The van der Waals surface area contributed by atoms with Gasteiger partial charge >= 0.3 is 6.03 Å². The van der Waals surface area contributed by atoms with E-state index in [1.54, 1.807) is 13.2 Å². The Balaban J connectivity index is 1.79. The standard InChI is InChI=1S/C13H15N3OS/c1-16(13-15-9-10-18-13)12(17)14-8-7-11-5-3-2-4-6-11/h2-6,9-10H,7-8H2,1H3,(H,14,17). The number of amides is 2. The second-order valence-corrected chi connectivity index (χ2v) is 4.71. The van der Waals surface area contributed by atoms with Gasteiger partial charge in [-0.1, -0.05) is 30.3 Å². The molecule has 2 aromatic rings. The van der Waals surface area contributed by atoms with Crippen LogP contribution in [-0.2, 0) is 6.42 Å². The molecule has 0 aliphatic carbocycles. The molecule has 1 N–H and O–H groups in total. The fourth-order valence-corrected chi connectivity index (χ4v) is 2.15. The zero-order valence-corrected chi connectivity index (χ0v) is 11.0. The maximum atomic E-state index is 11.8. The Labute approximate surface area is 110 Å². The first-order valence-electron chi connectivity index (χ1n) is 5.72. The molecule has 0 atom stereocenters. The van der Waals surface area contributed by atoms with E-state index in [-0.39, 0.29) is 6.03 Å². The molecule has 0 aliphatic heterocycles. The summed E-state index contributed by atoms with van der Waals surface area (Å²) >= 11 is 1.44. The van der Waals surface area contributed by atoms with Crippen LogP contribution >= 0.6 is 11.3 Å². The molecule has 0 fully saturated rings. The van der Waals surface area contributed by atoms with E-state index in [4.69, 9.17) is 0 Å². The van der Waals surface area contributed by atoms with Crippen molar-refractivity contribution in [2.45, 2.75) is 6.42 Å². The maximum Gasteiger partial charge on any atom is 0.323 e. The minimum absolute atomic E-state index is 0.124. The van der Waals surface area contributed by atoms with Gasteiger partial charge in [0.25, 0.3) is 0 Å². The van der Waals surface area contributed by atoms with Crippen molar-refractivity contribution in [3.63, 3.8) is 0 Å². The molecule has 2 amide bonds. The highest BCUT2D eigenvalue weighted by atomic mass is 32.1. The molecular weight excluding hydrogens is 246 g/mol. The summed E-state index contributed by atoms with van der Waals surface area (Å²) in [4.78, 5) is 17.4. The van der Waals surface area contributed by atoms with E-state index in [2.05, 4.69) is 22.4 Å². The number of hydrogen-bond acceptors (Lipinski definition) is 3. The third-order valence-electron chi connectivity index (χ3n) is 2.54. The van der Waals surface area contributed by atoms with Crippen molar-refractivity contribution in [2.24, 2.45) is 0 Å². The van der Waals surface area contributed by atoms with Crippen LogP contribution in [0.15, 0.2) is 41.9 Å². The number of thiazole rings is 1. The molecule has 94 valence electrons. The third-order valence-corrected chi connectivity index (χ3v) is 3.39. The lowest BCUT2D eigenvalue weighted by molar-refractivity contribution is 0.247. The average Bonchev–Trinajstić information content (AvgIpc) is 2.93. The van der Waals surface area contributed by atoms with Crippen molar-refractivity contribution >= 4 is 22.5 Å². The molecule has 0 spiro atoms. The quantitative estimate of drug-likeness (QED) is 0.919. The first kappa shape index (κ1) is 12.6. The number of nitrogens with zero attached hydrogens (tertiary/aromatic N) is 2. The number of benzene rings is 1. The second kappa shape index (κ2) is 6.16. The predicted octanol–water partition coefficient (Wildman–Crippen LogP) is 2.53. The van der Waals surface area contributed by atoms with Crippen molar-refractivity contribution in [1.29, 1.82) is 0 Å². The summed E-state index contributed by atoms with van der Waals surface area (Å²) in [5.74, 6) is 0. The van der Waals surface area contributed by atoms with Crippen LogP contribution in [0.2, 0.25) is 0 Å². The smallest absolute Gasteiger partial charge is 0.323 e. The van der Waals surface area contributed by atoms with E-state index in [0.717, 1.165) is 6.42 Å². The number of hydrogen-bond donors (Lipinski definition) is 1. The Bertz CT molecular complexity index is 484. The van der Waals surface area contributed by atoms with Gasteiger partial charge in [-0.2, -0.15) is 0 Å². The Morgan fingerprint density at radius 1 is 1.39 bits per heavy atom. The van der Waals surface area contributed by atoms with Crippen molar-refractivity contribution in [1.82, 2.24) is 10.3 Å². The van der Waals surface area contributed by atoms with Gasteiger partial charge in [0, 0.05) is 25.2 Å². The Morgan fingerprint density at radius 2 is 2.17 bits per heavy atom. The van der Waals surface area contributed by atoms with Crippen LogP contribution < -0.4 is 10.2 Å². The number of aromatic nitrogens is 1. The molecule has 0 bridgehead atoms. The van der Waals surface area contributed by atoms with E-state index < -0.39 is 0 Å². The minimum atomic E-state index is -0.124. The molecule has 4 nitrogen and oxygen atoms in total. The molecule has 0 unspecified atom stereocenters. The van der Waals surface area contributed by atoms with E-state index >= 15 is 0 Å². The van der Waals surface area contributed by atoms with Gasteiger partial charge in [-0.05, 0) is 12.0 Å². The average molecular weight is 261 g/mol. The van der Waals surface area contributed by atoms with Crippen molar-refractivity contribution in [2.75, 3.05) is 18.5 Å². The second-order valence-electron chi connectivity index (χ2n) is 3.84. The van der Waals surface area contributed by atoms with E-state index in [1.807, 2.05) is 23.6 Å². The molecule has 0 saturated carbocycles. The van der Waals surface area contributed by atoms with Gasteiger partial charge in [0.05, 0.1) is 0 Å². The number of carbonyl (C=O) groups excluding carboxylic acids is 1. The number of nitrogens with one attached hydrogen (secondary N) is 1. The van der Waals surface area contributed by atoms with Gasteiger partial charge in [-0.25, -0.2) is 9.78 Å². The van der Waals surface area contributed by atoms with Crippen molar-refractivity contribution in [3.05, 3.63) is 47.5 Å². The van der Waals surface area contributed by atoms with Gasteiger partial charge in [0.15, 0.2) is 5.13 Å². The van der Waals surface area contributed by atoms with Crippen LogP contribution in [0.3, 0.4) is 0 Å². The van der Waals surface area contributed by atoms with Crippen molar-refractivity contribution < 1.29 is 4.79 Å². The summed E-state index contributed by atoms with van der Waals surface area (Å²) in [5, 5.41) is 5.42. The van der Waals surface area contributed by atoms with Gasteiger partial charge in [-0.15, -0.1) is 11.3 Å². The van der Waals surface area contributed by atoms with Crippen molar-refractivity contribution in [3.8, 4) is 0 Å². The largest absolute Gasteiger partial charge is 0.337 e. The summed E-state index contributed by atoms with van der Waals surface area (Å²) in [7, 11) is 1.72. The number of carbonyl (C=O) groups is 1. The zero-order chi connectivity index (χ0) is 12.8. The Kier molecular flexibility index (Phi) is 4.30. The predicted molar refractivity (Wildman–Crippen MR) is 74.1 cm³/mol. The fourth-order valence-electron chi connectivity index (χ4n) is 1.55. The molecule has 1 aromatic carbocycles. The highest BCUT2D eigenvalue weighted by molar-refractivity contribution is 7.13. The molecule has 1 aromatic heterocycles. The third kappa shape index (κ3) is 3.30. The minimum Gasteiger partial charge on any atom is -0.337 e. The SMILES string of the molecule is CN(C(=O)NCCc1ccccc1)c1nccs1. The van der Waals surface area contributed by atoms with Crippen LogP contribution in [-0.4, -0.2) is 24.6 Å². The van der Waals surface area contributed by atoms with Crippen LogP contribution in [0.25, 0.3) is 0 Å². The first-order chi connectivity index (χ1) is 8.77.